The first-order valence-electron chi connectivity index (χ1n) is 9.45. The van der Waals surface area contributed by atoms with Crippen molar-refractivity contribution in [3.8, 4) is 34.1 Å². The topological polar surface area (TPSA) is 66.0 Å². The van der Waals surface area contributed by atoms with Crippen molar-refractivity contribution in [2.24, 2.45) is 0 Å². The second-order valence-corrected chi connectivity index (χ2v) is 7.79. The lowest BCUT2D eigenvalue weighted by Crippen LogP contribution is -2.22. The van der Waals surface area contributed by atoms with E-state index in [0.717, 1.165) is 27.3 Å². The lowest BCUT2D eigenvalue weighted by molar-refractivity contribution is -0.116. The predicted octanol–water partition coefficient (Wildman–Crippen LogP) is 4.92. The lowest BCUT2D eigenvalue weighted by Gasteiger charge is -2.24. The average molecular weight is 426 g/mol. The Morgan fingerprint density at radius 3 is 2.17 bits per heavy atom. The zero-order chi connectivity index (χ0) is 21.3. The number of hydrogen-bond donors (Lipinski definition) is 1. The summed E-state index contributed by atoms with van der Waals surface area (Å²) >= 11 is 1.64. The second-order valence-electron chi connectivity index (χ2n) is 6.88. The van der Waals surface area contributed by atoms with Crippen molar-refractivity contribution in [1.82, 2.24) is 0 Å². The number of thiophene rings is 1. The summed E-state index contributed by atoms with van der Waals surface area (Å²) in [6.07, 6.45) is 0.383. The van der Waals surface area contributed by atoms with Crippen LogP contribution < -0.4 is 24.3 Å². The number of methoxy groups -OCH3 is 4. The number of carbonyl (C=O) groups is 1. The molecule has 0 saturated heterocycles. The van der Waals surface area contributed by atoms with Crippen LogP contribution in [0.4, 0.5) is 5.69 Å². The van der Waals surface area contributed by atoms with Crippen molar-refractivity contribution in [3.05, 3.63) is 52.2 Å². The van der Waals surface area contributed by atoms with Crippen LogP contribution >= 0.6 is 11.3 Å². The molecule has 2 heterocycles. The number of carbonyl (C=O) groups excluding carboxylic acids is 1. The molecule has 1 aliphatic heterocycles. The fraction of sp³-hybridized carbons (Fsp3) is 0.261. The molecular weight excluding hydrogens is 402 g/mol. The van der Waals surface area contributed by atoms with Crippen molar-refractivity contribution in [2.75, 3.05) is 33.8 Å². The Morgan fingerprint density at radius 1 is 0.867 bits per heavy atom. The molecule has 1 aliphatic rings. The van der Waals surface area contributed by atoms with Crippen LogP contribution in [0.25, 0.3) is 11.1 Å². The third-order valence-electron chi connectivity index (χ3n) is 5.29. The highest BCUT2D eigenvalue weighted by Gasteiger charge is 2.31. The molecule has 0 aliphatic carbocycles. The summed E-state index contributed by atoms with van der Waals surface area (Å²) in [7, 11) is 6.44. The molecule has 0 radical (unpaired) electrons. The third-order valence-corrected chi connectivity index (χ3v) is 6.39. The summed E-state index contributed by atoms with van der Waals surface area (Å²) in [6.45, 7) is 0. The number of amides is 1. The summed E-state index contributed by atoms with van der Waals surface area (Å²) < 4.78 is 21.6. The van der Waals surface area contributed by atoms with Crippen LogP contribution in [-0.2, 0) is 4.79 Å². The van der Waals surface area contributed by atoms with E-state index in [4.69, 9.17) is 18.9 Å². The van der Waals surface area contributed by atoms with E-state index in [2.05, 4.69) is 10.7 Å². The molecule has 156 valence electrons. The molecule has 1 amide bonds. The highest BCUT2D eigenvalue weighted by atomic mass is 32.1. The Bertz CT molecular complexity index is 1090. The lowest BCUT2D eigenvalue weighted by atomic mass is 9.89. The zero-order valence-electron chi connectivity index (χ0n) is 17.3. The van der Waals surface area contributed by atoms with Crippen LogP contribution in [0, 0.1) is 0 Å². The Morgan fingerprint density at radius 2 is 1.50 bits per heavy atom. The van der Waals surface area contributed by atoms with E-state index < -0.39 is 0 Å². The van der Waals surface area contributed by atoms with E-state index in [-0.39, 0.29) is 11.8 Å². The first-order chi connectivity index (χ1) is 14.6. The number of ether oxygens (including phenoxy) is 4. The molecule has 3 aromatic rings. The van der Waals surface area contributed by atoms with Crippen molar-refractivity contribution in [1.29, 1.82) is 0 Å². The number of fused-ring (bicyclic) bond motifs is 1. The second kappa shape index (κ2) is 8.28. The smallest absolute Gasteiger partial charge is 0.225 e. The molecular formula is C23H23NO5S. The SMILES string of the molecule is COc1ccc(-c2csc3c2NC(=O)CC3c2ccc(OC)c(OC)c2)cc1OC. The number of nitrogens with one attached hydrogen (secondary N) is 1. The van der Waals surface area contributed by atoms with Gasteiger partial charge in [-0.2, -0.15) is 0 Å². The normalized spacial score (nSPS) is 15.2. The Balaban J connectivity index is 1.78. The zero-order valence-corrected chi connectivity index (χ0v) is 18.1. The molecule has 1 atom stereocenters. The van der Waals surface area contributed by atoms with Gasteiger partial charge >= 0.3 is 0 Å². The maximum Gasteiger partial charge on any atom is 0.225 e. The molecule has 2 aromatic carbocycles. The molecule has 4 rings (SSSR count). The first-order valence-corrected chi connectivity index (χ1v) is 10.3. The van der Waals surface area contributed by atoms with Gasteiger partial charge in [0.1, 0.15) is 0 Å². The Hall–Kier alpha value is -3.19. The highest BCUT2D eigenvalue weighted by molar-refractivity contribution is 7.11. The van der Waals surface area contributed by atoms with Gasteiger partial charge in [0.15, 0.2) is 23.0 Å². The number of benzene rings is 2. The van der Waals surface area contributed by atoms with Crippen molar-refractivity contribution >= 4 is 22.9 Å². The molecule has 1 aromatic heterocycles. The molecule has 6 nitrogen and oxygen atoms in total. The van der Waals surface area contributed by atoms with Crippen molar-refractivity contribution < 1.29 is 23.7 Å². The minimum atomic E-state index is -0.0487. The van der Waals surface area contributed by atoms with E-state index in [0.29, 0.717) is 29.4 Å². The fourth-order valence-electron chi connectivity index (χ4n) is 3.78. The first kappa shape index (κ1) is 20.1. The minimum Gasteiger partial charge on any atom is -0.493 e. The van der Waals surface area contributed by atoms with Crippen LogP contribution in [0.2, 0.25) is 0 Å². The van der Waals surface area contributed by atoms with Crippen molar-refractivity contribution in [3.63, 3.8) is 0 Å². The molecule has 1 unspecified atom stereocenters. The van der Waals surface area contributed by atoms with Gasteiger partial charge in [0.05, 0.1) is 34.1 Å². The summed E-state index contributed by atoms with van der Waals surface area (Å²) in [5.41, 5.74) is 3.79. The standard InChI is InChI=1S/C23H23NO5S/c1-26-17-7-5-13(9-19(17)28-3)15-11-21(25)24-22-16(12-30-23(15)22)14-6-8-18(27-2)20(10-14)29-4/h5-10,12,15H,11H2,1-4H3,(H,24,25). The van der Waals surface area contributed by atoms with Gasteiger partial charge in [-0.05, 0) is 35.4 Å². The number of rotatable bonds is 6. The third kappa shape index (κ3) is 3.45. The van der Waals surface area contributed by atoms with E-state index in [1.54, 1.807) is 39.8 Å². The molecule has 30 heavy (non-hydrogen) atoms. The molecule has 0 fully saturated rings. The summed E-state index contributed by atoms with van der Waals surface area (Å²) in [6, 6.07) is 11.6. The molecule has 0 bridgehead atoms. The van der Waals surface area contributed by atoms with Crippen molar-refractivity contribution in [2.45, 2.75) is 12.3 Å². The molecule has 1 N–H and O–H groups in total. The van der Waals surface area contributed by atoms with Crippen LogP contribution in [-0.4, -0.2) is 34.3 Å². The Labute approximate surface area is 179 Å². The van der Waals surface area contributed by atoms with E-state index in [9.17, 15) is 4.79 Å². The summed E-state index contributed by atoms with van der Waals surface area (Å²) in [4.78, 5) is 13.7. The van der Waals surface area contributed by atoms with Gasteiger partial charge in [-0.3, -0.25) is 4.79 Å². The van der Waals surface area contributed by atoms with Gasteiger partial charge in [-0.25, -0.2) is 0 Å². The van der Waals surface area contributed by atoms with E-state index in [1.807, 2.05) is 36.4 Å². The monoisotopic (exact) mass is 425 g/mol. The quantitative estimate of drug-likeness (QED) is 0.607. The molecule has 0 saturated carbocycles. The Kier molecular flexibility index (Phi) is 5.55. The largest absolute Gasteiger partial charge is 0.493 e. The van der Waals surface area contributed by atoms with Crippen LogP contribution in [0.5, 0.6) is 23.0 Å². The van der Waals surface area contributed by atoms with Gasteiger partial charge < -0.3 is 24.3 Å². The van der Waals surface area contributed by atoms with Gasteiger partial charge in [-0.1, -0.05) is 12.1 Å². The van der Waals surface area contributed by atoms with E-state index in [1.165, 1.54) is 0 Å². The summed E-state index contributed by atoms with van der Waals surface area (Å²) in [5, 5.41) is 5.14. The fourth-order valence-corrected chi connectivity index (χ4v) is 4.94. The van der Waals surface area contributed by atoms with Crippen LogP contribution in [0.3, 0.4) is 0 Å². The molecule has 7 heteroatoms. The summed E-state index contributed by atoms with van der Waals surface area (Å²) in [5.74, 6) is 2.57. The minimum absolute atomic E-state index is 0.0117. The number of anilines is 1. The molecule has 0 spiro atoms. The van der Waals surface area contributed by atoms with Gasteiger partial charge in [0.25, 0.3) is 0 Å². The average Bonchev–Trinajstić information content (AvgIpc) is 3.21. The van der Waals surface area contributed by atoms with Gasteiger partial charge in [0, 0.05) is 28.2 Å². The van der Waals surface area contributed by atoms with Gasteiger partial charge in [0.2, 0.25) is 5.91 Å². The van der Waals surface area contributed by atoms with Gasteiger partial charge in [-0.15, -0.1) is 11.3 Å². The van der Waals surface area contributed by atoms with E-state index >= 15 is 0 Å². The number of hydrogen-bond acceptors (Lipinski definition) is 6. The maximum atomic E-state index is 12.6. The highest BCUT2D eigenvalue weighted by Crippen LogP contribution is 2.48. The maximum absolute atomic E-state index is 12.6. The predicted molar refractivity (Wildman–Crippen MR) is 117 cm³/mol. The van der Waals surface area contributed by atoms with Crippen LogP contribution in [0.1, 0.15) is 22.8 Å². The van der Waals surface area contributed by atoms with Crippen LogP contribution in [0.15, 0.2) is 41.8 Å².